The summed E-state index contributed by atoms with van der Waals surface area (Å²) < 4.78 is 0. The molecule has 15 heavy (non-hydrogen) atoms. The molecule has 0 aliphatic heterocycles. The fraction of sp³-hybridized carbons (Fsp3) is 0.455. The molecule has 0 aliphatic rings. The second-order valence-electron chi connectivity index (χ2n) is 3.25. The number of hydrogen-bond acceptors (Lipinski definition) is 2. The van der Waals surface area contributed by atoms with Crippen LogP contribution in [0.3, 0.4) is 0 Å². The van der Waals surface area contributed by atoms with Crippen LogP contribution in [0.5, 0.6) is 0 Å². The highest BCUT2D eigenvalue weighted by molar-refractivity contribution is 6.17. The number of amides is 1. The van der Waals surface area contributed by atoms with Gasteiger partial charge in [0.25, 0.3) is 0 Å². The van der Waals surface area contributed by atoms with E-state index in [9.17, 15) is 4.79 Å². The van der Waals surface area contributed by atoms with Gasteiger partial charge in [0.05, 0.1) is 0 Å². The Labute approximate surface area is 94.9 Å². The molecule has 0 saturated carbocycles. The first kappa shape index (κ1) is 12.0. The average molecular weight is 227 g/mol. The molecule has 0 aliphatic carbocycles. The van der Waals surface area contributed by atoms with Crippen molar-refractivity contribution in [1.29, 1.82) is 0 Å². The Bertz CT molecular complexity index is 290. The van der Waals surface area contributed by atoms with Crippen LogP contribution in [0.1, 0.15) is 18.4 Å². The molecule has 1 aromatic heterocycles. The molecule has 0 saturated heterocycles. The van der Waals surface area contributed by atoms with E-state index in [2.05, 4.69) is 10.3 Å². The monoisotopic (exact) mass is 226 g/mol. The van der Waals surface area contributed by atoms with Crippen LogP contribution in [0, 0.1) is 0 Å². The van der Waals surface area contributed by atoms with E-state index in [-0.39, 0.29) is 5.91 Å². The molecular formula is C11H15ClN2O. The van der Waals surface area contributed by atoms with E-state index >= 15 is 0 Å². The van der Waals surface area contributed by atoms with E-state index in [1.54, 1.807) is 12.4 Å². The number of carbonyl (C=O) groups excluding carboxylic acids is 1. The Morgan fingerprint density at radius 1 is 1.40 bits per heavy atom. The normalized spacial score (nSPS) is 9.93. The summed E-state index contributed by atoms with van der Waals surface area (Å²) in [5, 5.41) is 2.85. The van der Waals surface area contributed by atoms with Crippen LogP contribution in [0.2, 0.25) is 0 Å². The molecule has 0 fully saturated rings. The minimum absolute atomic E-state index is 0.0738. The zero-order chi connectivity index (χ0) is 10.9. The number of halogens is 1. The number of carbonyl (C=O) groups is 1. The van der Waals surface area contributed by atoms with Crippen LogP contribution < -0.4 is 5.32 Å². The van der Waals surface area contributed by atoms with Gasteiger partial charge in [0.1, 0.15) is 0 Å². The molecule has 0 atom stereocenters. The van der Waals surface area contributed by atoms with Crippen LogP contribution in [0.25, 0.3) is 0 Å². The number of alkyl halides is 1. The summed E-state index contributed by atoms with van der Waals surface area (Å²) >= 11 is 5.49. The van der Waals surface area contributed by atoms with Crippen LogP contribution in [0.4, 0.5) is 0 Å². The maximum atomic E-state index is 11.2. The van der Waals surface area contributed by atoms with E-state index in [1.807, 2.05) is 12.1 Å². The van der Waals surface area contributed by atoms with Crippen LogP contribution in [-0.4, -0.2) is 23.3 Å². The second-order valence-corrected chi connectivity index (χ2v) is 3.63. The highest BCUT2D eigenvalue weighted by Crippen LogP contribution is 1.96. The molecule has 4 heteroatoms. The summed E-state index contributed by atoms with van der Waals surface area (Å²) in [7, 11) is 0. The zero-order valence-electron chi connectivity index (χ0n) is 8.58. The van der Waals surface area contributed by atoms with Gasteiger partial charge in [-0.15, -0.1) is 11.6 Å². The summed E-state index contributed by atoms with van der Waals surface area (Å²) in [4.78, 5) is 15.1. The molecule has 1 aromatic rings. The third-order valence-electron chi connectivity index (χ3n) is 2.02. The van der Waals surface area contributed by atoms with Crippen molar-refractivity contribution in [3.05, 3.63) is 30.1 Å². The Kier molecular flexibility index (Phi) is 5.78. The first-order valence-electron chi connectivity index (χ1n) is 5.04. The van der Waals surface area contributed by atoms with Gasteiger partial charge >= 0.3 is 0 Å². The highest BCUT2D eigenvalue weighted by atomic mass is 35.5. The summed E-state index contributed by atoms with van der Waals surface area (Å²) in [5.74, 6) is 0.613. The van der Waals surface area contributed by atoms with E-state index in [4.69, 9.17) is 11.6 Å². The predicted octanol–water partition coefficient (Wildman–Crippen LogP) is 1.76. The van der Waals surface area contributed by atoms with Gasteiger partial charge in [0, 0.05) is 31.2 Å². The fourth-order valence-electron chi connectivity index (χ4n) is 1.21. The largest absolute Gasteiger partial charge is 0.356 e. The van der Waals surface area contributed by atoms with Gasteiger partial charge < -0.3 is 5.32 Å². The number of pyridine rings is 1. The van der Waals surface area contributed by atoms with Crippen molar-refractivity contribution in [2.45, 2.75) is 19.3 Å². The molecule has 82 valence electrons. The third-order valence-corrected chi connectivity index (χ3v) is 2.29. The van der Waals surface area contributed by atoms with Crippen molar-refractivity contribution in [3.8, 4) is 0 Å². The minimum atomic E-state index is 0.0738. The first-order valence-corrected chi connectivity index (χ1v) is 5.58. The Morgan fingerprint density at radius 2 is 2.13 bits per heavy atom. The van der Waals surface area contributed by atoms with Crippen LogP contribution in [0.15, 0.2) is 24.5 Å². The number of rotatable bonds is 6. The van der Waals surface area contributed by atoms with Gasteiger partial charge in [-0.1, -0.05) is 0 Å². The quantitative estimate of drug-likeness (QED) is 0.752. The van der Waals surface area contributed by atoms with E-state index < -0.39 is 0 Å². The lowest BCUT2D eigenvalue weighted by Gasteiger charge is -2.04. The lowest BCUT2D eigenvalue weighted by Crippen LogP contribution is -2.25. The van der Waals surface area contributed by atoms with Gasteiger partial charge in [-0.25, -0.2) is 0 Å². The average Bonchev–Trinajstić information content (AvgIpc) is 2.28. The van der Waals surface area contributed by atoms with Gasteiger partial charge in [-0.3, -0.25) is 9.78 Å². The van der Waals surface area contributed by atoms with Gasteiger partial charge in [-0.2, -0.15) is 0 Å². The summed E-state index contributed by atoms with van der Waals surface area (Å²) in [5.41, 5.74) is 1.18. The fourth-order valence-corrected chi connectivity index (χ4v) is 1.35. The smallest absolute Gasteiger partial charge is 0.220 e. The zero-order valence-corrected chi connectivity index (χ0v) is 9.33. The van der Waals surface area contributed by atoms with Crippen LogP contribution in [-0.2, 0) is 11.2 Å². The standard InChI is InChI=1S/C11H15ClN2O/c12-6-1-2-11(15)14-9-5-10-3-7-13-8-4-10/h3-4,7-8H,1-2,5-6,9H2,(H,14,15). The molecule has 1 rings (SSSR count). The molecule has 0 bridgehead atoms. The van der Waals surface area contributed by atoms with Gasteiger partial charge in [0.2, 0.25) is 5.91 Å². The lowest BCUT2D eigenvalue weighted by atomic mass is 10.2. The molecule has 0 unspecified atom stereocenters. The SMILES string of the molecule is O=C(CCCCl)NCCc1ccncc1. The summed E-state index contributed by atoms with van der Waals surface area (Å²) in [6, 6.07) is 3.90. The van der Waals surface area contributed by atoms with Gasteiger partial charge in [0.15, 0.2) is 0 Å². The van der Waals surface area contributed by atoms with E-state index in [1.165, 1.54) is 5.56 Å². The van der Waals surface area contributed by atoms with Crippen molar-refractivity contribution in [2.75, 3.05) is 12.4 Å². The minimum Gasteiger partial charge on any atom is -0.356 e. The maximum absolute atomic E-state index is 11.2. The molecule has 1 heterocycles. The van der Waals surface area contributed by atoms with Gasteiger partial charge in [-0.05, 0) is 30.5 Å². The molecule has 1 amide bonds. The van der Waals surface area contributed by atoms with Crippen molar-refractivity contribution in [1.82, 2.24) is 10.3 Å². The molecule has 0 aromatic carbocycles. The van der Waals surface area contributed by atoms with E-state index in [0.717, 1.165) is 12.8 Å². The van der Waals surface area contributed by atoms with Crippen LogP contribution >= 0.6 is 11.6 Å². The van der Waals surface area contributed by atoms with Crippen molar-refractivity contribution >= 4 is 17.5 Å². The Balaban J connectivity index is 2.14. The summed E-state index contributed by atoms with van der Waals surface area (Å²) in [6.07, 6.45) is 5.60. The lowest BCUT2D eigenvalue weighted by molar-refractivity contribution is -0.121. The second kappa shape index (κ2) is 7.23. The van der Waals surface area contributed by atoms with E-state index in [0.29, 0.717) is 18.8 Å². The number of nitrogens with zero attached hydrogens (tertiary/aromatic N) is 1. The Hall–Kier alpha value is -1.09. The summed E-state index contributed by atoms with van der Waals surface area (Å²) in [6.45, 7) is 0.672. The third kappa shape index (κ3) is 5.37. The number of aromatic nitrogens is 1. The Morgan fingerprint density at radius 3 is 2.80 bits per heavy atom. The van der Waals surface area contributed by atoms with Crippen molar-refractivity contribution in [3.63, 3.8) is 0 Å². The molecule has 0 radical (unpaired) electrons. The molecule has 3 nitrogen and oxygen atoms in total. The molecular weight excluding hydrogens is 212 g/mol. The topological polar surface area (TPSA) is 42.0 Å². The molecule has 1 N–H and O–H groups in total. The van der Waals surface area contributed by atoms with Crippen molar-refractivity contribution < 1.29 is 4.79 Å². The van der Waals surface area contributed by atoms with Crippen molar-refractivity contribution in [2.24, 2.45) is 0 Å². The number of nitrogens with one attached hydrogen (secondary N) is 1. The predicted molar refractivity (Wildman–Crippen MR) is 60.9 cm³/mol. The highest BCUT2D eigenvalue weighted by Gasteiger charge is 1.99. The number of hydrogen-bond donors (Lipinski definition) is 1. The molecule has 0 spiro atoms. The first-order chi connectivity index (χ1) is 7.33. The maximum Gasteiger partial charge on any atom is 0.220 e.